The predicted octanol–water partition coefficient (Wildman–Crippen LogP) is 1.96. The monoisotopic (exact) mass is 403 g/mol. The topological polar surface area (TPSA) is 95.2 Å². The summed E-state index contributed by atoms with van der Waals surface area (Å²) in [5, 5.41) is 3.95. The number of hydrogen-bond acceptors (Lipinski definition) is 6. The number of carbonyl (C=O) groups excluding carboxylic acids is 1. The van der Waals surface area contributed by atoms with E-state index in [1.54, 1.807) is 19.1 Å². The Hall–Kier alpha value is -1.87. The summed E-state index contributed by atoms with van der Waals surface area (Å²) in [6.07, 6.45) is 1.53. The molecule has 0 atom stereocenters. The quantitative estimate of drug-likeness (QED) is 0.296. The Morgan fingerprint density at radius 1 is 1.39 bits per heavy atom. The van der Waals surface area contributed by atoms with Crippen molar-refractivity contribution < 1.29 is 19.0 Å². The Morgan fingerprint density at radius 2 is 2.13 bits per heavy atom. The van der Waals surface area contributed by atoms with E-state index in [1.165, 1.54) is 6.21 Å². The fourth-order valence-corrected chi connectivity index (χ4v) is 2.20. The van der Waals surface area contributed by atoms with Gasteiger partial charge < -0.3 is 19.9 Å². The molecule has 1 aromatic rings. The van der Waals surface area contributed by atoms with Crippen LogP contribution in [0.15, 0.2) is 21.7 Å². The van der Waals surface area contributed by atoms with Crippen LogP contribution in [-0.4, -0.2) is 37.1 Å². The second kappa shape index (κ2) is 10.0. The smallest absolute Gasteiger partial charge is 0.344 e. The summed E-state index contributed by atoms with van der Waals surface area (Å²) in [6.45, 7) is 4.11. The summed E-state index contributed by atoms with van der Waals surface area (Å²) < 4.78 is 16.5. The molecule has 0 amide bonds. The molecule has 0 heterocycles. The number of rotatable bonds is 8. The van der Waals surface area contributed by atoms with Gasteiger partial charge in [0, 0.05) is 0 Å². The molecule has 0 aliphatic carbocycles. The number of halogens is 1. The maximum Gasteiger partial charge on any atom is 0.344 e. The van der Waals surface area contributed by atoms with Gasteiger partial charge in [-0.15, -0.1) is 0 Å². The zero-order valence-electron chi connectivity index (χ0n) is 12.8. The maximum atomic E-state index is 11.4. The number of hydrogen-bond donors (Lipinski definition) is 2. The largest absolute Gasteiger partial charge is 0.490 e. The van der Waals surface area contributed by atoms with Gasteiger partial charge in [0.2, 0.25) is 0 Å². The summed E-state index contributed by atoms with van der Waals surface area (Å²) >= 11 is 8.05. The lowest BCUT2D eigenvalue weighted by molar-refractivity contribution is -0.145. The molecule has 7 nitrogen and oxygen atoms in total. The zero-order valence-corrected chi connectivity index (χ0v) is 15.2. The van der Waals surface area contributed by atoms with E-state index in [2.05, 4.69) is 38.7 Å². The van der Waals surface area contributed by atoms with Gasteiger partial charge in [-0.3, -0.25) is 5.43 Å². The number of esters is 1. The Bertz CT molecular complexity index is 596. The van der Waals surface area contributed by atoms with Crippen LogP contribution in [-0.2, 0) is 9.53 Å². The lowest BCUT2D eigenvalue weighted by Crippen LogP contribution is -2.24. The molecule has 9 heteroatoms. The molecule has 1 rings (SSSR count). The molecule has 1 aromatic carbocycles. The minimum atomic E-state index is -0.451. The zero-order chi connectivity index (χ0) is 17.2. The lowest BCUT2D eigenvalue weighted by Gasteiger charge is -2.14. The van der Waals surface area contributed by atoms with Crippen molar-refractivity contribution in [3.63, 3.8) is 0 Å². The Balaban J connectivity index is 2.94. The third-order valence-electron chi connectivity index (χ3n) is 2.36. The first-order valence-corrected chi connectivity index (χ1v) is 8.01. The number of ether oxygens (including phenoxy) is 3. The van der Waals surface area contributed by atoms with Crippen LogP contribution in [0.1, 0.15) is 19.4 Å². The van der Waals surface area contributed by atoms with E-state index >= 15 is 0 Å². The normalized spacial score (nSPS) is 10.4. The molecule has 0 aliphatic heterocycles. The first kappa shape index (κ1) is 19.2. The van der Waals surface area contributed by atoms with Crippen LogP contribution >= 0.6 is 28.1 Å². The highest BCUT2D eigenvalue weighted by atomic mass is 79.9. The van der Waals surface area contributed by atoms with Gasteiger partial charge >= 0.3 is 5.97 Å². The minimum absolute atomic E-state index is 0.0692. The average molecular weight is 404 g/mol. The number of nitrogens with one attached hydrogen (secondary N) is 1. The minimum Gasteiger partial charge on any atom is -0.490 e. The highest BCUT2D eigenvalue weighted by Gasteiger charge is 2.14. The third-order valence-corrected chi connectivity index (χ3v) is 3.04. The fraction of sp³-hybridized carbons (Fsp3) is 0.357. The summed E-state index contributed by atoms with van der Waals surface area (Å²) in [4.78, 5) is 11.4. The molecular formula is C14H18BrN3O4S. The van der Waals surface area contributed by atoms with Gasteiger partial charge in [0.05, 0.1) is 23.9 Å². The van der Waals surface area contributed by atoms with Crippen LogP contribution in [0.3, 0.4) is 0 Å². The molecule has 0 unspecified atom stereocenters. The molecule has 0 radical (unpaired) electrons. The van der Waals surface area contributed by atoms with E-state index in [-0.39, 0.29) is 11.7 Å². The van der Waals surface area contributed by atoms with E-state index < -0.39 is 5.97 Å². The van der Waals surface area contributed by atoms with Gasteiger partial charge in [-0.1, -0.05) is 0 Å². The van der Waals surface area contributed by atoms with Gasteiger partial charge in [-0.2, -0.15) is 5.10 Å². The number of hydrazone groups is 1. The van der Waals surface area contributed by atoms with Crippen LogP contribution in [0.2, 0.25) is 0 Å². The van der Waals surface area contributed by atoms with Crippen molar-refractivity contribution in [1.82, 2.24) is 5.43 Å². The van der Waals surface area contributed by atoms with E-state index in [9.17, 15) is 4.79 Å². The predicted molar refractivity (Wildman–Crippen MR) is 95.0 cm³/mol. The van der Waals surface area contributed by atoms with Crippen LogP contribution in [0.5, 0.6) is 11.5 Å². The van der Waals surface area contributed by atoms with E-state index in [4.69, 9.17) is 19.9 Å². The molecule has 0 saturated heterocycles. The van der Waals surface area contributed by atoms with Crippen LogP contribution in [0, 0.1) is 0 Å². The van der Waals surface area contributed by atoms with Crippen molar-refractivity contribution >= 4 is 45.4 Å². The van der Waals surface area contributed by atoms with Crippen molar-refractivity contribution in [3.8, 4) is 11.5 Å². The molecule has 0 fully saturated rings. The number of carbonyl (C=O) groups is 1. The van der Waals surface area contributed by atoms with Crippen molar-refractivity contribution in [2.45, 2.75) is 13.8 Å². The van der Waals surface area contributed by atoms with Crippen molar-refractivity contribution in [2.75, 3.05) is 19.8 Å². The molecule has 0 aliphatic rings. The first-order chi connectivity index (χ1) is 11.0. The van der Waals surface area contributed by atoms with E-state index in [0.717, 1.165) is 5.56 Å². The van der Waals surface area contributed by atoms with Crippen LogP contribution in [0.25, 0.3) is 0 Å². The molecule has 3 N–H and O–H groups in total. The van der Waals surface area contributed by atoms with Crippen molar-refractivity contribution in [1.29, 1.82) is 0 Å². The second-order valence-corrected chi connectivity index (χ2v) is 5.39. The molecular weight excluding hydrogens is 386 g/mol. The number of nitrogens with zero attached hydrogens (tertiary/aromatic N) is 1. The molecule has 0 saturated carbocycles. The van der Waals surface area contributed by atoms with Gasteiger partial charge in [0.15, 0.2) is 23.2 Å². The average Bonchev–Trinajstić information content (AvgIpc) is 2.46. The highest BCUT2D eigenvalue weighted by Crippen LogP contribution is 2.36. The van der Waals surface area contributed by atoms with Gasteiger partial charge in [0.25, 0.3) is 0 Å². The molecule has 126 valence electrons. The van der Waals surface area contributed by atoms with Crippen molar-refractivity contribution in [2.24, 2.45) is 10.8 Å². The summed E-state index contributed by atoms with van der Waals surface area (Å²) in [5.74, 6) is 0.440. The Labute approximate surface area is 148 Å². The van der Waals surface area contributed by atoms with Crippen LogP contribution < -0.4 is 20.6 Å². The summed E-state index contributed by atoms with van der Waals surface area (Å²) in [7, 11) is 0. The number of thiocarbonyl (C=S) groups is 1. The lowest BCUT2D eigenvalue weighted by atomic mass is 10.2. The second-order valence-electron chi connectivity index (χ2n) is 4.09. The molecule has 0 aromatic heterocycles. The third kappa shape index (κ3) is 6.83. The standard InChI is InChI=1S/C14H18BrN3O4S/c1-3-20-11-6-9(7-17-18-14(16)23)5-10(15)13(11)22-8-12(19)21-4-2/h5-7H,3-4,8H2,1-2H3,(H3,16,18,23)/b17-7-. The fourth-order valence-electron chi connectivity index (χ4n) is 1.57. The van der Waals surface area contributed by atoms with Gasteiger partial charge in [0.1, 0.15) is 0 Å². The van der Waals surface area contributed by atoms with Gasteiger partial charge in [-0.05, 0) is 59.7 Å². The summed E-state index contributed by atoms with van der Waals surface area (Å²) in [6, 6.07) is 3.48. The van der Waals surface area contributed by atoms with E-state index in [0.29, 0.717) is 29.2 Å². The van der Waals surface area contributed by atoms with Crippen LogP contribution in [0.4, 0.5) is 0 Å². The molecule has 23 heavy (non-hydrogen) atoms. The molecule has 0 spiro atoms. The SMILES string of the molecule is CCOC(=O)COc1c(Br)cc(/C=N\NC(N)=S)cc1OCC. The Kier molecular flexibility index (Phi) is 8.35. The summed E-state index contributed by atoms with van der Waals surface area (Å²) in [5.41, 5.74) is 8.48. The Morgan fingerprint density at radius 3 is 2.74 bits per heavy atom. The van der Waals surface area contributed by atoms with Gasteiger partial charge in [-0.25, -0.2) is 4.79 Å². The first-order valence-electron chi connectivity index (χ1n) is 6.81. The maximum absolute atomic E-state index is 11.4. The number of benzene rings is 1. The highest BCUT2D eigenvalue weighted by molar-refractivity contribution is 9.10. The number of nitrogens with two attached hydrogens (primary N) is 1. The van der Waals surface area contributed by atoms with Crippen molar-refractivity contribution in [3.05, 3.63) is 22.2 Å². The van der Waals surface area contributed by atoms with E-state index in [1.807, 2.05) is 6.92 Å². The molecule has 0 bridgehead atoms.